The van der Waals surface area contributed by atoms with Gasteiger partial charge in [0.25, 0.3) is 0 Å². The second-order valence-electron chi connectivity index (χ2n) is 6.91. The molecule has 2 fully saturated rings. The fraction of sp³-hybridized carbons (Fsp3) is 0.889. The molecule has 104 valence electrons. The van der Waals surface area contributed by atoms with E-state index >= 15 is 0 Å². The molecule has 18 heavy (non-hydrogen) atoms. The maximum Gasteiger partial charge on any atom is -0.0206 e. The maximum absolute atomic E-state index is 4.40. The third-order valence-electron chi connectivity index (χ3n) is 5.56. The fourth-order valence-electron chi connectivity index (χ4n) is 4.07. The first-order valence-electron chi connectivity index (χ1n) is 8.45. The molecule has 0 aromatic rings. The number of allylic oxidation sites excluding steroid dienone is 1. The first kappa shape index (κ1) is 14.2. The van der Waals surface area contributed by atoms with E-state index in [-0.39, 0.29) is 0 Å². The standard InChI is InChI=1S/C18H32/c1-15(17-9-5-3-6-10-17)13-14-16(2)18-11-7-4-8-12-18/h16-18H,1,3-14H2,2H3. The molecule has 1 atom stereocenters. The van der Waals surface area contributed by atoms with Crippen LogP contribution in [0.4, 0.5) is 0 Å². The van der Waals surface area contributed by atoms with Crippen LogP contribution in [0.2, 0.25) is 0 Å². The average molecular weight is 248 g/mol. The molecule has 0 nitrogen and oxygen atoms in total. The molecule has 0 aromatic carbocycles. The molecule has 0 saturated heterocycles. The van der Waals surface area contributed by atoms with E-state index in [1.165, 1.54) is 77.0 Å². The Kier molecular flexibility index (Phi) is 5.79. The summed E-state index contributed by atoms with van der Waals surface area (Å²) in [5.41, 5.74) is 1.58. The molecule has 0 aliphatic heterocycles. The van der Waals surface area contributed by atoms with Gasteiger partial charge in [0.1, 0.15) is 0 Å². The van der Waals surface area contributed by atoms with Crippen molar-refractivity contribution in [2.75, 3.05) is 0 Å². The quantitative estimate of drug-likeness (QED) is 0.514. The number of rotatable bonds is 5. The van der Waals surface area contributed by atoms with E-state index in [1.807, 2.05) is 0 Å². The molecule has 0 spiro atoms. The highest BCUT2D eigenvalue weighted by Crippen LogP contribution is 2.35. The Morgan fingerprint density at radius 2 is 1.50 bits per heavy atom. The van der Waals surface area contributed by atoms with Crippen LogP contribution in [-0.2, 0) is 0 Å². The molecule has 0 heteroatoms. The van der Waals surface area contributed by atoms with Gasteiger partial charge in [-0.2, -0.15) is 0 Å². The van der Waals surface area contributed by atoms with Gasteiger partial charge in [-0.15, -0.1) is 0 Å². The topological polar surface area (TPSA) is 0 Å². The Labute approximate surface area is 114 Å². The summed E-state index contributed by atoms with van der Waals surface area (Å²) >= 11 is 0. The minimum atomic E-state index is 0.873. The highest BCUT2D eigenvalue weighted by Gasteiger charge is 2.21. The molecular formula is C18H32. The second kappa shape index (κ2) is 7.36. The first-order valence-corrected chi connectivity index (χ1v) is 8.45. The van der Waals surface area contributed by atoms with Crippen LogP contribution in [0.25, 0.3) is 0 Å². The van der Waals surface area contributed by atoms with E-state index in [9.17, 15) is 0 Å². The summed E-state index contributed by atoms with van der Waals surface area (Å²) in [7, 11) is 0. The SMILES string of the molecule is C=C(CCC(C)C1CCCCC1)C1CCCCC1. The smallest absolute Gasteiger partial charge is 0.0206 e. The van der Waals surface area contributed by atoms with Crippen LogP contribution in [0.15, 0.2) is 12.2 Å². The Morgan fingerprint density at radius 3 is 2.11 bits per heavy atom. The molecule has 2 saturated carbocycles. The Morgan fingerprint density at radius 1 is 0.944 bits per heavy atom. The average Bonchev–Trinajstić information content (AvgIpc) is 2.46. The van der Waals surface area contributed by atoms with Crippen molar-refractivity contribution in [2.45, 2.75) is 84.0 Å². The van der Waals surface area contributed by atoms with Gasteiger partial charge in [-0.05, 0) is 43.4 Å². The summed E-state index contributed by atoms with van der Waals surface area (Å²) in [5, 5.41) is 0. The van der Waals surface area contributed by atoms with Crippen LogP contribution >= 0.6 is 0 Å². The van der Waals surface area contributed by atoms with Crippen molar-refractivity contribution in [1.29, 1.82) is 0 Å². The van der Waals surface area contributed by atoms with Crippen molar-refractivity contribution in [1.82, 2.24) is 0 Å². The van der Waals surface area contributed by atoms with E-state index in [4.69, 9.17) is 0 Å². The molecular weight excluding hydrogens is 216 g/mol. The van der Waals surface area contributed by atoms with Gasteiger partial charge < -0.3 is 0 Å². The van der Waals surface area contributed by atoms with Crippen LogP contribution in [0.1, 0.15) is 84.0 Å². The van der Waals surface area contributed by atoms with Crippen LogP contribution in [-0.4, -0.2) is 0 Å². The predicted octanol–water partition coefficient (Wildman–Crippen LogP) is 6.12. The zero-order chi connectivity index (χ0) is 12.8. The van der Waals surface area contributed by atoms with Gasteiger partial charge >= 0.3 is 0 Å². The second-order valence-corrected chi connectivity index (χ2v) is 6.91. The first-order chi connectivity index (χ1) is 8.77. The maximum atomic E-state index is 4.40. The summed E-state index contributed by atoms with van der Waals surface area (Å²) in [4.78, 5) is 0. The van der Waals surface area contributed by atoms with Crippen molar-refractivity contribution in [3.63, 3.8) is 0 Å². The summed E-state index contributed by atoms with van der Waals surface area (Å²) in [6.45, 7) is 6.89. The van der Waals surface area contributed by atoms with Crippen LogP contribution < -0.4 is 0 Å². The fourth-order valence-corrected chi connectivity index (χ4v) is 4.07. The molecule has 2 rings (SSSR count). The van der Waals surface area contributed by atoms with Crippen molar-refractivity contribution in [2.24, 2.45) is 17.8 Å². The predicted molar refractivity (Wildman–Crippen MR) is 80.7 cm³/mol. The highest BCUT2D eigenvalue weighted by atomic mass is 14.3. The van der Waals surface area contributed by atoms with Crippen LogP contribution in [0.3, 0.4) is 0 Å². The third-order valence-corrected chi connectivity index (χ3v) is 5.56. The Bertz CT molecular complexity index is 241. The molecule has 2 aliphatic rings. The molecule has 0 N–H and O–H groups in total. The van der Waals surface area contributed by atoms with E-state index in [0.29, 0.717) is 0 Å². The van der Waals surface area contributed by atoms with Gasteiger partial charge in [-0.3, -0.25) is 0 Å². The molecule has 0 bridgehead atoms. The lowest BCUT2D eigenvalue weighted by atomic mass is 9.77. The summed E-state index contributed by atoms with van der Waals surface area (Å²) in [5.74, 6) is 2.83. The molecule has 0 heterocycles. The van der Waals surface area contributed by atoms with Crippen LogP contribution in [0.5, 0.6) is 0 Å². The van der Waals surface area contributed by atoms with Crippen molar-refractivity contribution in [3.05, 3.63) is 12.2 Å². The zero-order valence-electron chi connectivity index (χ0n) is 12.4. The lowest BCUT2D eigenvalue weighted by molar-refractivity contribution is 0.249. The van der Waals surface area contributed by atoms with Crippen LogP contribution in [0, 0.1) is 17.8 Å². The van der Waals surface area contributed by atoms with E-state index in [2.05, 4.69) is 13.5 Å². The zero-order valence-corrected chi connectivity index (χ0v) is 12.4. The van der Waals surface area contributed by atoms with Gasteiger partial charge in [0.15, 0.2) is 0 Å². The van der Waals surface area contributed by atoms with Gasteiger partial charge in [0, 0.05) is 0 Å². The minimum absolute atomic E-state index is 0.873. The van der Waals surface area contributed by atoms with E-state index in [1.54, 1.807) is 5.57 Å². The van der Waals surface area contributed by atoms with Crippen molar-refractivity contribution in [3.8, 4) is 0 Å². The van der Waals surface area contributed by atoms with E-state index in [0.717, 1.165) is 17.8 Å². The molecule has 0 radical (unpaired) electrons. The lowest BCUT2D eigenvalue weighted by Crippen LogP contribution is -2.16. The van der Waals surface area contributed by atoms with Crippen molar-refractivity contribution >= 4 is 0 Å². The van der Waals surface area contributed by atoms with Gasteiger partial charge in [-0.25, -0.2) is 0 Å². The minimum Gasteiger partial charge on any atom is -0.0996 e. The number of hydrogen-bond acceptors (Lipinski definition) is 0. The normalized spacial score (nSPS) is 24.9. The molecule has 0 amide bonds. The monoisotopic (exact) mass is 248 g/mol. The van der Waals surface area contributed by atoms with Gasteiger partial charge in [0.2, 0.25) is 0 Å². The lowest BCUT2D eigenvalue weighted by Gasteiger charge is -2.29. The summed E-state index contributed by atoms with van der Waals surface area (Å²) < 4.78 is 0. The number of hydrogen-bond donors (Lipinski definition) is 0. The summed E-state index contributed by atoms with van der Waals surface area (Å²) in [6, 6.07) is 0. The highest BCUT2D eigenvalue weighted by molar-refractivity contribution is 5.01. The Hall–Kier alpha value is -0.260. The van der Waals surface area contributed by atoms with Gasteiger partial charge in [0.05, 0.1) is 0 Å². The third kappa shape index (κ3) is 4.14. The van der Waals surface area contributed by atoms with E-state index < -0.39 is 0 Å². The molecule has 2 aliphatic carbocycles. The molecule has 0 aromatic heterocycles. The van der Waals surface area contributed by atoms with Gasteiger partial charge in [-0.1, -0.05) is 70.4 Å². The Balaban J connectivity index is 1.67. The molecule has 1 unspecified atom stereocenters. The summed E-state index contributed by atoms with van der Waals surface area (Å²) in [6.07, 6.45) is 17.4. The largest absolute Gasteiger partial charge is 0.0996 e. The van der Waals surface area contributed by atoms with Crippen molar-refractivity contribution < 1.29 is 0 Å².